The van der Waals surface area contributed by atoms with Gasteiger partial charge in [-0.3, -0.25) is 4.79 Å². The molecule has 0 unspecified atom stereocenters. The first-order chi connectivity index (χ1) is 13.0. The summed E-state index contributed by atoms with van der Waals surface area (Å²) in [5.74, 6) is 1.10. The molecule has 0 aliphatic heterocycles. The van der Waals surface area contributed by atoms with Crippen LogP contribution in [-0.2, 0) is 0 Å². The van der Waals surface area contributed by atoms with Gasteiger partial charge in [-0.15, -0.1) is 11.3 Å². The predicted octanol–water partition coefficient (Wildman–Crippen LogP) is 5.17. The molecule has 1 aromatic heterocycles. The zero-order chi connectivity index (χ0) is 19.4. The van der Waals surface area contributed by atoms with Crippen LogP contribution in [0.5, 0.6) is 11.5 Å². The molecule has 140 valence electrons. The number of ether oxygens (including phenoxy) is 2. The third-order valence-corrected chi connectivity index (χ3v) is 4.68. The highest BCUT2D eigenvalue weighted by Crippen LogP contribution is 2.34. The van der Waals surface area contributed by atoms with Gasteiger partial charge in [0.2, 0.25) is 0 Å². The van der Waals surface area contributed by atoms with E-state index in [2.05, 4.69) is 10.3 Å². The lowest BCUT2D eigenvalue weighted by atomic mass is 10.2. The molecule has 3 rings (SSSR count). The van der Waals surface area contributed by atoms with Crippen LogP contribution in [0.25, 0.3) is 10.6 Å². The number of benzene rings is 2. The van der Waals surface area contributed by atoms with Gasteiger partial charge in [0.1, 0.15) is 10.7 Å². The fourth-order valence-corrected chi connectivity index (χ4v) is 3.38. The molecule has 0 aliphatic carbocycles. The first kappa shape index (κ1) is 18.9. The van der Waals surface area contributed by atoms with Crippen LogP contribution >= 0.6 is 11.3 Å². The Balaban J connectivity index is 1.79. The van der Waals surface area contributed by atoms with E-state index in [1.165, 1.54) is 11.3 Å². The standard InChI is InChI=1S/C21H22N2O3S/c1-13(2)26-18-9-8-15(11-19(18)25-4)21-23-17(12-27-21)20(24)22-16-7-5-6-14(3)10-16/h5-13H,1-4H3,(H,22,24). The number of thiazole rings is 1. The average Bonchev–Trinajstić information content (AvgIpc) is 3.12. The van der Waals surface area contributed by atoms with E-state index in [0.717, 1.165) is 21.8 Å². The number of hydrogen-bond donors (Lipinski definition) is 1. The summed E-state index contributed by atoms with van der Waals surface area (Å²) in [6.45, 7) is 5.91. The van der Waals surface area contributed by atoms with Crippen molar-refractivity contribution in [3.63, 3.8) is 0 Å². The van der Waals surface area contributed by atoms with E-state index in [1.54, 1.807) is 12.5 Å². The lowest BCUT2D eigenvalue weighted by Crippen LogP contribution is -2.12. The van der Waals surface area contributed by atoms with Crippen LogP contribution in [0.2, 0.25) is 0 Å². The Hall–Kier alpha value is -2.86. The number of amides is 1. The number of nitrogens with one attached hydrogen (secondary N) is 1. The molecule has 2 aromatic carbocycles. The number of carbonyl (C=O) groups is 1. The maximum atomic E-state index is 12.5. The van der Waals surface area contributed by atoms with Gasteiger partial charge < -0.3 is 14.8 Å². The van der Waals surface area contributed by atoms with Gasteiger partial charge in [0, 0.05) is 16.6 Å². The second-order valence-corrected chi connectivity index (χ2v) is 7.25. The molecule has 3 aromatic rings. The van der Waals surface area contributed by atoms with Crippen LogP contribution in [0.4, 0.5) is 5.69 Å². The fraction of sp³-hybridized carbons (Fsp3) is 0.238. The molecule has 1 amide bonds. The summed E-state index contributed by atoms with van der Waals surface area (Å²) in [6.07, 6.45) is 0.0570. The SMILES string of the molecule is COc1cc(-c2nc(C(=O)Nc3cccc(C)c3)cs2)ccc1OC(C)C. The number of anilines is 1. The fourth-order valence-electron chi connectivity index (χ4n) is 2.58. The lowest BCUT2D eigenvalue weighted by Gasteiger charge is -2.14. The zero-order valence-electron chi connectivity index (χ0n) is 15.8. The highest BCUT2D eigenvalue weighted by molar-refractivity contribution is 7.13. The van der Waals surface area contributed by atoms with Crippen molar-refractivity contribution in [1.29, 1.82) is 0 Å². The van der Waals surface area contributed by atoms with Crippen molar-refractivity contribution >= 4 is 22.9 Å². The summed E-state index contributed by atoms with van der Waals surface area (Å²) >= 11 is 1.42. The monoisotopic (exact) mass is 382 g/mol. The first-order valence-corrected chi connectivity index (χ1v) is 9.53. The Bertz CT molecular complexity index is 950. The molecule has 0 atom stereocenters. The van der Waals surface area contributed by atoms with E-state index in [9.17, 15) is 4.79 Å². The summed E-state index contributed by atoms with van der Waals surface area (Å²) < 4.78 is 11.2. The van der Waals surface area contributed by atoms with Gasteiger partial charge in [0.05, 0.1) is 13.2 Å². The Morgan fingerprint density at radius 2 is 1.96 bits per heavy atom. The van der Waals surface area contributed by atoms with Gasteiger partial charge in [-0.25, -0.2) is 4.98 Å². The minimum atomic E-state index is -0.227. The number of methoxy groups -OCH3 is 1. The van der Waals surface area contributed by atoms with Crippen LogP contribution in [0.3, 0.4) is 0 Å². The Morgan fingerprint density at radius 3 is 2.67 bits per heavy atom. The second-order valence-electron chi connectivity index (χ2n) is 6.39. The van der Waals surface area contributed by atoms with E-state index >= 15 is 0 Å². The number of aryl methyl sites for hydroxylation is 1. The maximum Gasteiger partial charge on any atom is 0.275 e. The normalized spacial score (nSPS) is 10.7. The molecule has 0 aliphatic rings. The number of hydrogen-bond acceptors (Lipinski definition) is 5. The molecule has 0 fully saturated rings. The summed E-state index contributed by atoms with van der Waals surface area (Å²) in [5, 5.41) is 5.38. The highest BCUT2D eigenvalue weighted by atomic mass is 32.1. The predicted molar refractivity (Wildman–Crippen MR) is 109 cm³/mol. The maximum absolute atomic E-state index is 12.5. The molecule has 1 heterocycles. The van der Waals surface area contributed by atoms with E-state index in [-0.39, 0.29) is 12.0 Å². The Kier molecular flexibility index (Phi) is 5.76. The second kappa shape index (κ2) is 8.22. The third kappa shape index (κ3) is 4.65. The van der Waals surface area contributed by atoms with Crippen molar-refractivity contribution in [3.8, 4) is 22.1 Å². The molecule has 0 bridgehead atoms. The van der Waals surface area contributed by atoms with Crippen LogP contribution < -0.4 is 14.8 Å². The van der Waals surface area contributed by atoms with Gasteiger partial charge in [-0.05, 0) is 56.7 Å². The highest BCUT2D eigenvalue weighted by Gasteiger charge is 2.14. The first-order valence-electron chi connectivity index (χ1n) is 8.65. The molecule has 0 saturated heterocycles. The molecule has 5 nitrogen and oxygen atoms in total. The molecule has 0 spiro atoms. The minimum Gasteiger partial charge on any atom is -0.493 e. The van der Waals surface area contributed by atoms with Crippen molar-refractivity contribution < 1.29 is 14.3 Å². The number of nitrogens with zero attached hydrogens (tertiary/aromatic N) is 1. The van der Waals surface area contributed by atoms with Crippen LogP contribution in [0.1, 0.15) is 29.9 Å². The lowest BCUT2D eigenvalue weighted by molar-refractivity contribution is 0.102. The van der Waals surface area contributed by atoms with Crippen molar-refractivity contribution in [3.05, 3.63) is 59.1 Å². The van der Waals surface area contributed by atoms with Crippen molar-refractivity contribution in [1.82, 2.24) is 4.98 Å². The van der Waals surface area contributed by atoms with E-state index < -0.39 is 0 Å². The van der Waals surface area contributed by atoms with Gasteiger partial charge in [-0.2, -0.15) is 0 Å². The molecule has 0 radical (unpaired) electrons. The van der Waals surface area contributed by atoms with Crippen LogP contribution in [0.15, 0.2) is 47.8 Å². The molecule has 27 heavy (non-hydrogen) atoms. The molecule has 1 N–H and O–H groups in total. The summed E-state index contributed by atoms with van der Waals surface area (Å²) in [7, 11) is 1.61. The van der Waals surface area contributed by atoms with Crippen molar-refractivity contribution in [2.24, 2.45) is 0 Å². The molecule has 6 heteroatoms. The minimum absolute atomic E-state index is 0.0570. The number of carbonyl (C=O) groups excluding carboxylic acids is 1. The zero-order valence-corrected chi connectivity index (χ0v) is 16.6. The van der Waals surface area contributed by atoms with Crippen molar-refractivity contribution in [2.75, 3.05) is 12.4 Å². The van der Waals surface area contributed by atoms with E-state index in [0.29, 0.717) is 17.2 Å². The Labute approximate surface area is 163 Å². The largest absolute Gasteiger partial charge is 0.493 e. The van der Waals surface area contributed by atoms with Gasteiger partial charge in [0.25, 0.3) is 5.91 Å². The van der Waals surface area contributed by atoms with E-state index in [1.807, 2.05) is 63.2 Å². The topological polar surface area (TPSA) is 60.5 Å². The quantitative estimate of drug-likeness (QED) is 0.639. The van der Waals surface area contributed by atoms with E-state index in [4.69, 9.17) is 9.47 Å². The summed E-state index contributed by atoms with van der Waals surface area (Å²) in [6, 6.07) is 13.3. The molecular weight excluding hydrogens is 360 g/mol. The summed E-state index contributed by atoms with van der Waals surface area (Å²) in [5.41, 5.74) is 3.11. The summed E-state index contributed by atoms with van der Waals surface area (Å²) in [4.78, 5) is 16.9. The molecular formula is C21H22N2O3S. The van der Waals surface area contributed by atoms with Crippen LogP contribution in [-0.4, -0.2) is 24.1 Å². The third-order valence-electron chi connectivity index (χ3n) is 3.79. The smallest absolute Gasteiger partial charge is 0.275 e. The Morgan fingerprint density at radius 1 is 1.15 bits per heavy atom. The van der Waals surface area contributed by atoms with Crippen LogP contribution in [0, 0.1) is 6.92 Å². The number of rotatable bonds is 6. The van der Waals surface area contributed by atoms with Gasteiger partial charge in [-0.1, -0.05) is 12.1 Å². The van der Waals surface area contributed by atoms with Crippen molar-refractivity contribution in [2.45, 2.75) is 26.9 Å². The average molecular weight is 382 g/mol. The van der Waals surface area contributed by atoms with Gasteiger partial charge >= 0.3 is 0 Å². The molecule has 0 saturated carbocycles. The van der Waals surface area contributed by atoms with Gasteiger partial charge in [0.15, 0.2) is 11.5 Å². The number of aromatic nitrogens is 1.